The summed E-state index contributed by atoms with van der Waals surface area (Å²) in [4.78, 5) is 16.9. The molecule has 0 saturated heterocycles. The summed E-state index contributed by atoms with van der Waals surface area (Å²) in [5, 5.41) is 2.10. The third-order valence-corrected chi connectivity index (χ3v) is 7.18. The maximum absolute atomic E-state index is 13.3. The first-order valence-corrected chi connectivity index (χ1v) is 12.2. The van der Waals surface area contributed by atoms with E-state index in [0.717, 1.165) is 36.4 Å². The number of allylic oxidation sites excluding steroid dienone is 1. The molecule has 2 aromatic carbocycles. The van der Waals surface area contributed by atoms with Crippen LogP contribution in [0.5, 0.6) is 28.7 Å². The molecule has 5 rings (SSSR count). The summed E-state index contributed by atoms with van der Waals surface area (Å²) in [7, 11) is 4.66. The Labute approximate surface area is 208 Å². The van der Waals surface area contributed by atoms with Crippen LogP contribution in [0.2, 0.25) is 0 Å². The minimum absolute atomic E-state index is 0.157. The second-order valence-corrected chi connectivity index (χ2v) is 9.45. The Kier molecular flexibility index (Phi) is 6.40. The summed E-state index contributed by atoms with van der Waals surface area (Å²) >= 11 is 1.77. The van der Waals surface area contributed by atoms with E-state index in [9.17, 15) is 4.79 Å². The molecule has 0 fully saturated rings. The van der Waals surface area contributed by atoms with E-state index >= 15 is 0 Å². The first-order chi connectivity index (χ1) is 17.0. The Balaban J connectivity index is 1.41. The van der Waals surface area contributed by atoms with Crippen LogP contribution in [0.3, 0.4) is 0 Å². The normalized spacial score (nSPS) is 15.9. The number of methoxy groups -OCH3 is 3. The van der Waals surface area contributed by atoms with Gasteiger partial charge in [0.25, 0.3) is 0 Å². The van der Waals surface area contributed by atoms with E-state index in [1.807, 2.05) is 13.0 Å². The Hall–Kier alpha value is -3.49. The van der Waals surface area contributed by atoms with Gasteiger partial charge < -0.3 is 23.7 Å². The van der Waals surface area contributed by atoms with Crippen LogP contribution in [-0.4, -0.2) is 45.3 Å². The van der Waals surface area contributed by atoms with E-state index in [1.54, 1.807) is 50.9 Å². The third-order valence-electron chi connectivity index (χ3n) is 6.24. The molecule has 182 valence electrons. The SMILES string of the molecule is COc1cc(/C=C2\Oc3c(cc4c(c3C)OCN(CCc3cccs3)C4)C2=O)cc(OC)c1OC. The van der Waals surface area contributed by atoms with Gasteiger partial charge in [-0.2, -0.15) is 0 Å². The molecule has 7 nitrogen and oxygen atoms in total. The molecule has 0 spiro atoms. The van der Waals surface area contributed by atoms with Gasteiger partial charge >= 0.3 is 0 Å². The van der Waals surface area contributed by atoms with Crippen LogP contribution in [0.1, 0.15) is 31.9 Å². The highest BCUT2D eigenvalue weighted by molar-refractivity contribution is 7.09. The predicted molar refractivity (Wildman–Crippen MR) is 134 cm³/mol. The number of benzene rings is 2. The number of thiophene rings is 1. The maximum atomic E-state index is 13.3. The summed E-state index contributed by atoms with van der Waals surface area (Å²) < 4.78 is 28.4. The topological polar surface area (TPSA) is 66.5 Å². The van der Waals surface area contributed by atoms with Gasteiger partial charge in [0, 0.05) is 29.1 Å². The summed E-state index contributed by atoms with van der Waals surface area (Å²) in [5.74, 6) is 2.94. The van der Waals surface area contributed by atoms with Gasteiger partial charge in [-0.3, -0.25) is 9.69 Å². The highest BCUT2D eigenvalue weighted by Gasteiger charge is 2.33. The molecule has 0 unspecified atom stereocenters. The number of ether oxygens (including phenoxy) is 5. The summed E-state index contributed by atoms with van der Waals surface area (Å²) in [5.41, 5.74) is 3.11. The Morgan fingerprint density at radius 1 is 1.09 bits per heavy atom. The molecule has 0 N–H and O–H groups in total. The number of hydrogen-bond acceptors (Lipinski definition) is 8. The number of fused-ring (bicyclic) bond motifs is 2. The van der Waals surface area contributed by atoms with Crippen molar-refractivity contribution in [3.05, 3.63) is 68.6 Å². The first kappa shape index (κ1) is 23.3. The lowest BCUT2D eigenvalue weighted by molar-refractivity contribution is 0.0956. The van der Waals surface area contributed by atoms with Gasteiger partial charge in [0.15, 0.2) is 17.3 Å². The van der Waals surface area contributed by atoms with E-state index in [-0.39, 0.29) is 11.5 Å². The molecule has 3 heterocycles. The number of rotatable bonds is 7. The molecule has 0 amide bonds. The molecule has 3 aromatic rings. The fourth-order valence-electron chi connectivity index (χ4n) is 4.50. The van der Waals surface area contributed by atoms with Crippen molar-refractivity contribution < 1.29 is 28.5 Å². The second kappa shape index (κ2) is 9.64. The van der Waals surface area contributed by atoms with Crippen molar-refractivity contribution in [1.29, 1.82) is 0 Å². The molecule has 35 heavy (non-hydrogen) atoms. The first-order valence-electron chi connectivity index (χ1n) is 11.3. The van der Waals surface area contributed by atoms with Crippen LogP contribution >= 0.6 is 11.3 Å². The van der Waals surface area contributed by atoms with Gasteiger partial charge in [0.2, 0.25) is 11.5 Å². The zero-order valence-corrected chi connectivity index (χ0v) is 21.0. The van der Waals surface area contributed by atoms with E-state index in [1.165, 1.54) is 4.88 Å². The largest absolute Gasteiger partial charge is 0.493 e. The minimum Gasteiger partial charge on any atom is -0.493 e. The molecule has 0 radical (unpaired) electrons. The number of carbonyl (C=O) groups is 1. The van der Waals surface area contributed by atoms with Gasteiger partial charge in [-0.25, -0.2) is 0 Å². The molecule has 2 aliphatic heterocycles. The molecule has 0 saturated carbocycles. The third kappa shape index (κ3) is 4.35. The van der Waals surface area contributed by atoms with Gasteiger partial charge in [-0.05, 0) is 54.6 Å². The summed E-state index contributed by atoms with van der Waals surface area (Å²) in [6.45, 7) is 4.08. The number of nitrogens with zero attached hydrogens (tertiary/aromatic N) is 1. The maximum Gasteiger partial charge on any atom is 0.231 e. The number of hydrogen-bond donors (Lipinski definition) is 0. The number of ketones is 1. The summed E-state index contributed by atoms with van der Waals surface area (Å²) in [6, 6.07) is 9.69. The van der Waals surface area contributed by atoms with E-state index in [2.05, 4.69) is 22.4 Å². The average molecular weight is 494 g/mol. The van der Waals surface area contributed by atoms with E-state index in [4.69, 9.17) is 23.7 Å². The zero-order chi connectivity index (χ0) is 24.5. The van der Waals surface area contributed by atoms with Crippen LogP contribution in [0.15, 0.2) is 41.5 Å². The number of Topliss-reactive ketones (excluding diaryl/α,β-unsaturated/α-hetero) is 1. The molecule has 0 bridgehead atoms. The van der Waals surface area contributed by atoms with Crippen molar-refractivity contribution >= 4 is 23.2 Å². The fourth-order valence-corrected chi connectivity index (χ4v) is 5.20. The molecular formula is C27H27NO6S. The van der Waals surface area contributed by atoms with Crippen LogP contribution in [0.25, 0.3) is 6.08 Å². The van der Waals surface area contributed by atoms with Gasteiger partial charge in [0.1, 0.15) is 18.2 Å². The zero-order valence-electron chi connectivity index (χ0n) is 20.2. The van der Waals surface area contributed by atoms with Crippen LogP contribution in [0.4, 0.5) is 0 Å². The lowest BCUT2D eigenvalue weighted by atomic mass is 10.00. The van der Waals surface area contributed by atoms with Gasteiger partial charge in [0.05, 0.1) is 26.9 Å². The minimum atomic E-state index is -0.157. The monoisotopic (exact) mass is 493 g/mol. The Morgan fingerprint density at radius 2 is 1.86 bits per heavy atom. The van der Waals surface area contributed by atoms with Crippen molar-refractivity contribution in [3.8, 4) is 28.7 Å². The standard InChI is InChI=1S/C27H27NO6S/c1-16-25-18(14-28(15-33-25)8-7-19-6-5-9-35-19)13-20-24(29)21(34-26(16)20)10-17-11-22(30-2)27(32-4)23(12-17)31-3/h5-6,9-13H,7-8,14-15H2,1-4H3/b21-10-. The Morgan fingerprint density at radius 3 is 2.51 bits per heavy atom. The molecule has 0 atom stereocenters. The van der Waals surface area contributed by atoms with Crippen molar-refractivity contribution in [2.45, 2.75) is 19.9 Å². The lowest BCUT2D eigenvalue weighted by Gasteiger charge is -2.30. The predicted octanol–water partition coefficient (Wildman–Crippen LogP) is 5.09. The smallest absolute Gasteiger partial charge is 0.231 e. The number of carbonyl (C=O) groups excluding carboxylic acids is 1. The van der Waals surface area contributed by atoms with Crippen LogP contribution in [0, 0.1) is 6.92 Å². The van der Waals surface area contributed by atoms with E-state index in [0.29, 0.717) is 40.9 Å². The molecule has 8 heteroatoms. The summed E-state index contributed by atoms with van der Waals surface area (Å²) in [6.07, 6.45) is 2.67. The van der Waals surface area contributed by atoms with Crippen molar-refractivity contribution in [2.24, 2.45) is 0 Å². The fraction of sp³-hybridized carbons (Fsp3) is 0.296. The highest BCUT2D eigenvalue weighted by Crippen LogP contribution is 2.44. The van der Waals surface area contributed by atoms with Gasteiger partial charge in [-0.15, -0.1) is 11.3 Å². The molecule has 0 aliphatic carbocycles. The quantitative estimate of drug-likeness (QED) is 0.425. The van der Waals surface area contributed by atoms with Crippen LogP contribution < -0.4 is 23.7 Å². The van der Waals surface area contributed by atoms with Crippen molar-refractivity contribution in [2.75, 3.05) is 34.6 Å². The molecular weight excluding hydrogens is 466 g/mol. The molecule has 2 aliphatic rings. The van der Waals surface area contributed by atoms with Crippen LogP contribution in [-0.2, 0) is 13.0 Å². The van der Waals surface area contributed by atoms with Crippen molar-refractivity contribution in [1.82, 2.24) is 4.90 Å². The lowest BCUT2D eigenvalue weighted by Crippen LogP contribution is -2.34. The average Bonchev–Trinajstić information content (AvgIpc) is 3.51. The van der Waals surface area contributed by atoms with E-state index < -0.39 is 0 Å². The highest BCUT2D eigenvalue weighted by atomic mass is 32.1. The van der Waals surface area contributed by atoms with Gasteiger partial charge in [-0.1, -0.05) is 6.07 Å². The second-order valence-electron chi connectivity index (χ2n) is 8.42. The van der Waals surface area contributed by atoms with Crippen molar-refractivity contribution in [3.63, 3.8) is 0 Å². The Bertz CT molecular complexity index is 1270. The molecule has 1 aromatic heterocycles.